The second kappa shape index (κ2) is 6.04. The van der Waals surface area contributed by atoms with Gasteiger partial charge in [0, 0.05) is 37.7 Å². The van der Waals surface area contributed by atoms with Crippen LogP contribution >= 0.6 is 0 Å². The van der Waals surface area contributed by atoms with Gasteiger partial charge in [-0.25, -0.2) is 9.97 Å². The minimum absolute atomic E-state index is 0.0220. The second-order valence-electron chi connectivity index (χ2n) is 6.18. The minimum Gasteiger partial charge on any atom is -0.337 e. The lowest BCUT2D eigenvalue weighted by Crippen LogP contribution is -2.41. The number of carbonyl (C=O) groups excluding carboxylic acids is 1. The van der Waals surface area contributed by atoms with Gasteiger partial charge < -0.3 is 10.2 Å². The number of likely N-dealkylation sites (tertiary alicyclic amines) is 1. The van der Waals surface area contributed by atoms with Crippen molar-refractivity contribution in [3.63, 3.8) is 0 Å². The summed E-state index contributed by atoms with van der Waals surface area (Å²) < 4.78 is 0. The van der Waals surface area contributed by atoms with E-state index in [1.807, 2.05) is 23.1 Å². The van der Waals surface area contributed by atoms with Crippen molar-refractivity contribution in [1.29, 1.82) is 0 Å². The Kier molecular flexibility index (Phi) is 3.75. The number of hydrogen-bond donors (Lipinski definition) is 1. The van der Waals surface area contributed by atoms with Crippen molar-refractivity contribution in [3.8, 4) is 11.5 Å². The van der Waals surface area contributed by atoms with E-state index in [1.54, 1.807) is 18.6 Å². The molecule has 2 aromatic heterocycles. The first-order valence-electron chi connectivity index (χ1n) is 8.07. The quantitative estimate of drug-likeness (QED) is 0.907. The van der Waals surface area contributed by atoms with Crippen LogP contribution in [0.25, 0.3) is 11.5 Å². The first-order chi connectivity index (χ1) is 11.3. The van der Waals surface area contributed by atoms with Gasteiger partial charge in [-0.15, -0.1) is 0 Å². The zero-order valence-electron chi connectivity index (χ0n) is 12.9. The van der Waals surface area contributed by atoms with Gasteiger partial charge in [0.15, 0.2) is 5.82 Å². The predicted octanol–water partition coefficient (Wildman–Crippen LogP) is 1.36. The molecule has 2 aliphatic heterocycles. The third-order valence-electron chi connectivity index (χ3n) is 4.68. The molecule has 0 radical (unpaired) electrons. The Hall–Kier alpha value is -2.34. The molecular formula is C17H19N5O. The van der Waals surface area contributed by atoms with Crippen LogP contribution in [0, 0.1) is 5.92 Å². The average molecular weight is 309 g/mol. The van der Waals surface area contributed by atoms with Crippen LogP contribution in [0.5, 0.6) is 0 Å². The zero-order valence-corrected chi connectivity index (χ0v) is 12.9. The first kappa shape index (κ1) is 14.3. The van der Waals surface area contributed by atoms with Gasteiger partial charge in [-0.1, -0.05) is 6.07 Å². The highest BCUT2D eigenvalue weighted by Gasteiger charge is 2.36. The molecule has 0 aromatic carbocycles. The Labute approximate surface area is 135 Å². The Balaban J connectivity index is 1.49. The zero-order chi connectivity index (χ0) is 15.6. The van der Waals surface area contributed by atoms with E-state index >= 15 is 0 Å². The lowest BCUT2D eigenvalue weighted by Gasteiger charge is -2.24. The van der Waals surface area contributed by atoms with E-state index < -0.39 is 0 Å². The second-order valence-corrected chi connectivity index (χ2v) is 6.18. The van der Waals surface area contributed by atoms with Crippen LogP contribution in [0.2, 0.25) is 0 Å². The molecule has 0 saturated carbocycles. The number of nitrogens with zero attached hydrogens (tertiary/aromatic N) is 4. The summed E-state index contributed by atoms with van der Waals surface area (Å²) >= 11 is 0. The summed E-state index contributed by atoms with van der Waals surface area (Å²) in [4.78, 5) is 27.4. The highest BCUT2D eigenvalue weighted by Crippen LogP contribution is 2.26. The van der Waals surface area contributed by atoms with Crippen molar-refractivity contribution in [2.24, 2.45) is 5.92 Å². The van der Waals surface area contributed by atoms with E-state index in [0.29, 0.717) is 29.0 Å². The van der Waals surface area contributed by atoms with Crippen molar-refractivity contribution < 1.29 is 4.79 Å². The van der Waals surface area contributed by atoms with E-state index in [-0.39, 0.29) is 5.91 Å². The fourth-order valence-corrected chi connectivity index (χ4v) is 3.46. The van der Waals surface area contributed by atoms with Crippen molar-refractivity contribution in [3.05, 3.63) is 42.4 Å². The van der Waals surface area contributed by atoms with Crippen molar-refractivity contribution in [2.45, 2.75) is 18.9 Å². The van der Waals surface area contributed by atoms with Crippen LogP contribution in [-0.2, 0) is 0 Å². The number of piperidine rings is 1. The lowest BCUT2D eigenvalue weighted by atomic mass is 9.94. The maximum Gasteiger partial charge on any atom is 0.257 e. The molecule has 1 amide bonds. The molecule has 1 N–H and O–H groups in total. The molecule has 2 atom stereocenters. The lowest BCUT2D eigenvalue weighted by molar-refractivity contribution is 0.0785. The highest BCUT2D eigenvalue weighted by atomic mass is 16.2. The molecule has 0 spiro atoms. The number of hydrogen-bond acceptors (Lipinski definition) is 5. The van der Waals surface area contributed by atoms with Crippen LogP contribution < -0.4 is 5.32 Å². The van der Waals surface area contributed by atoms with Gasteiger partial charge in [-0.05, 0) is 37.4 Å². The average Bonchev–Trinajstić information content (AvgIpc) is 3.06. The molecule has 4 rings (SSSR count). The van der Waals surface area contributed by atoms with Gasteiger partial charge in [0.1, 0.15) is 5.69 Å². The summed E-state index contributed by atoms with van der Waals surface area (Å²) in [7, 11) is 0. The van der Waals surface area contributed by atoms with Gasteiger partial charge in [0.05, 0.1) is 5.56 Å². The molecule has 4 heterocycles. The molecule has 118 valence electrons. The summed E-state index contributed by atoms with van der Waals surface area (Å²) in [5.41, 5.74) is 1.26. The van der Waals surface area contributed by atoms with Gasteiger partial charge >= 0.3 is 0 Å². The minimum atomic E-state index is 0.0220. The van der Waals surface area contributed by atoms with Crippen molar-refractivity contribution in [2.75, 3.05) is 19.6 Å². The molecule has 6 heteroatoms. The largest absolute Gasteiger partial charge is 0.337 e. The van der Waals surface area contributed by atoms with Crippen LogP contribution in [0.4, 0.5) is 0 Å². The van der Waals surface area contributed by atoms with E-state index in [2.05, 4.69) is 20.3 Å². The van der Waals surface area contributed by atoms with E-state index in [4.69, 9.17) is 0 Å². The SMILES string of the molecule is O=C(c1cnc(-c2ccccn2)nc1)N1C[C@@H]2CCCN[C@@H]2C1. The number of carbonyl (C=O) groups is 1. The van der Waals surface area contributed by atoms with Crippen LogP contribution in [0.1, 0.15) is 23.2 Å². The Morgan fingerprint density at radius 3 is 2.78 bits per heavy atom. The smallest absolute Gasteiger partial charge is 0.257 e. The normalized spacial score (nSPS) is 23.6. The standard InChI is InChI=1S/C17H19N5O/c23-17(22-10-12-4-3-7-19-15(12)11-22)13-8-20-16(21-9-13)14-5-1-2-6-18-14/h1-2,5-6,8-9,12,15,19H,3-4,7,10-11H2/t12-,15+/m0/s1. The number of amides is 1. The summed E-state index contributed by atoms with van der Waals surface area (Å²) in [6, 6.07) is 6.04. The van der Waals surface area contributed by atoms with Gasteiger partial charge in [-0.3, -0.25) is 9.78 Å². The third-order valence-corrected chi connectivity index (χ3v) is 4.68. The molecule has 0 bridgehead atoms. The summed E-state index contributed by atoms with van der Waals surface area (Å²) in [5, 5.41) is 3.51. The van der Waals surface area contributed by atoms with Crippen LogP contribution in [-0.4, -0.2) is 51.4 Å². The summed E-state index contributed by atoms with van der Waals surface area (Å²) in [5.74, 6) is 1.15. The molecular weight excluding hydrogens is 290 g/mol. The fourth-order valence-electron chi connectivity index (χ4n) is 3.46. The topological polar surface area (TPSA) is 71.0 Å². The van der Waals surface area contributed by atoms with Crippen LogP contribution in [0.3, 0.4) is 0 Å². The molecule has 2 saturated heterocycles. The predicted molar refractivity (Wildman–Crippen MR) is 85.7 cm³/mol. The monoisotopic (exact) mass is 309 g/mol. The number of pyridine rings is 1. The van der Waals surface area contributed by atoms with Gasteiger partial charge in [-0.2, -0.15) is 0 Å². The molecule has 2 fully saturated rings. The summed E-state index contributed by atoms with van der Waals surface area (Å²) in [6.07, 6.45) is 7.32. The Bertz CT molecular complexity index is 674. The molecule has 0 unspecified atom stereocenters. The summed E-state index contributed by atoms with van der Waals surface area (Å²) in [6.45, 7) is 2.68. The molecule has 2 aromatic rings. The molecule has 6 nitrogen and oxygen atoms in total. The number of nitrogens with one attached hydrogen (secondary N) is 1. The molecule has 0 aliphatic carbocycles. The third kappa shape index (κ3) is 2.82. The fraction of sp³-hybridized carbons (Fsp3) is 0.412. The van der Waals surface area contributed by atoms with Crippen molar-refractivity contribution >= 4 is 5.91 Å². The molecule has 23 heavy (non-hydrogen) atoms. The maximum absolute atomic E-state index is 12.6. The van der Waals surface area contributed by atoms with E-state index in [0.717, 1.165) is 19.6 Å². The van der Waals surface area contributed by atoms with Gasteiger partial charge in [0.25, 0.3) is 5.91 Å². The van der Waals surface area contributed by atoms with E-state index in [1.165, 1.54) is 12.8 Å². The maximum atomic E-state index is 12.6. The number of aromatic nitrogens is 3. The Morgan fingerprint density at radius 2 is 2.04 bits per heavy atom. The van der Waals surface area contributed by atoms with Gasteiger partial charge in [0.2, 0.25) is 0 Å². The van der Waals surface area contributed by atoms with E-state index in [9.17, 15) is 4.79 Å². The van der Waals surface area contributed by atoms with Crippen molar-refractivity contribution in [1.82, 2.24) is 25.2 Å². The van der Waals surface area contributed by atoms with Crippen LogP contribution in [0.15, 0.2) is 36.8 Å². The highest BCUT2D eigenvalue weighted by molar-refractivity contribution is 5.94. The number of fused-ring (bicyclic) bond motifs is 1. The first-order valence-corrected chi connectivity index (χ1v) is 8.07. The number of rotatable bonds is 2. The molecule has 2 aliphatic rings. The Morgan fingerprint density at radius 1 is 1.17 bits per heavy atom.